The van der Waals surface area contributed by atoms with E-state index in [-0.39, 0.29) is 10.6 Å². The molecule has 0 atom stereocenters. The molecule has 1 aromatic carbocycles. The number of hydrogen-bond donors (Lipinski definition) is 1. The van der Waals surface area contributed by atoms with Gasteiger partial charge in [-0.25, -0.2) is 0 Å². The molecule has 1 N–H and O–H groups in total. The molecule has 0 saturated carbocycles. The number of ether oxygens (including phenoxy) is 1. The van der Waals surface area contributed by atoms with E-state index >= 15 is 0 Å². The van der Waals surface area contributed by atoms with Crippen molar-refractivity contribution in [3.8, 4) is 5.75 Å². The lowest BCUT2D eigenvalue weighted by Crippen LogP contribution is -2.28. The third-order valence-corrected chi connectivity index (χ3v) is 3.29. The third kappa shape index (κ3) is 4.70. The molecule has 20 heavy (non-hydrogen) atoms. The molecule has 6 heteroatoms. The summed E-state index contributed by atoms with van der Waals surface area (Å²) in [7, 11) is 3.61. The summed E-state index contributed by atoms with van der Waals surface area (Å²) < 4.78 is 5.09. The van der Waals surface area contributed by atoms with Crippen LogP contribution in [0.4, 0.5) is 11.4 Å². The Kier molecular flexibility index (Phi) is 6.24. The Morgan fingerprint density at radius 3 is 2.70 bits per heavy atom. The maximum Gasteiger partial charge on any atom is 0.292 e. The second kappa shape index (κ2) is 7.69. The summed E-state index contributed by atoms with van der Waals surface area (Å²) in [5.74, 6) is 0.609. The fourth-order valence-corrected chi connectivity index (χ4v) is 1.75. The molecule has 0 aliphatic carbocycles. The van der Waals surface area contributed by atoms with Crippen LogP contribution in [-0.4, -0.2) is 43.1 Å². The highest BCUT2D eigenvalue weighted by Gasteiger charge is 2.14. The summed E-state index contributed by atoms with van der Waals surface area (Å²) in [4.78, 5) is 12.8. The molecule has 0 saturated heterocycles. The van der Waals surface area contributed by atoms with Gasteiger partial charge < -0.3 is 15.0 Å². The van der Waals surface area contributed by atoms with E-state index in [0.29, 0.717) is 24.0 Å². The van der Waals surface area contributed by atoms with Gasteiger partial charge in [-0.05, 0) is 39.9 Å². The molecule has 0 fully saturated rings. The minimum absolute atomic E-state index is 0.0722. The predicted octanol–water partition coefficient (Wildman–Crippen LogP) is 2.75. The number of benzene rings is 1. The second-order valence-electron chi connectivity index (χ2n) is 4.99. The number of anilines is 1. The molecule has 0 spiro atoms. The van der Waals surface area contributed by atoms with E-state index in [4.69, 9.17) is 4.74 Å². The van der Waals surface area contributed by atoms with Gasteiger partial charge in [0.25, 0.3) is 5.69 Å². The Morgan fingerprint density at radius 2 is 2.15 bits per heavy atom. The third-order valence-electron chi connectivity index (χ3n) is 3.29. The smallest absolute Gasteiger partial charge is 0.292 e. The standard InChI is InChI=1S/C14H23N3O3/c1-11(2)16(3)9-5-8-15-13-10-12(20-4)6-7-14(13)17(18)19/h6-7,10-11,15H,5,8-9H2,1-4H3. The van der Waals surface area contributed by atoms with Gasteiger partial charge in [-0.15, -0.1) is 0 Å². The summed E-state index contributed by atoms with van der Waals surface area (Å²) in [5.41, 5.74) is 0.574. The van der Waals surface area contributed by atoms with Crippen LogP contribution in [-0.2, 0) is 0 Å². The fourth-order valence-electron chi connectivity index (χ4n) is 1.75. The summed E-state index contributed by atoms with van der Waals surface area (Å²) in [6, 6.07) is 5.21. The van der Waals surface area contributed by atoms with Gasteiger partial charge in [-0.3, -0.25) is 10.1 Å². The molecule has 0 heterocycles. The maximum absolute atomic E-state index is 11.0. The van der Waals surface area contributed by atoms with Gasteiger partial charge in [0, 0.05) is 24.7 Å². The average molecular weight is 281 g/mol. The Labute approximate surface area is 119 Å². The van der Waals surface area contributed by atoms with Crippen LogP contribution in [0.25, 0.3) is 0 Å². The molecule has 112 valence electrons. The minimum Gasteiger partial charge on any atom is -0.497 e. The first kappa shape index (κ1) is 16.2. The Morgan fingerprint density at radius 1 is 1.45 bits per heavy atom. The number of hydrogen-bond acceptors (Lipinski definition) is 5. The molecule has 1 aromatic rings. The molecule has 0 amide bonds. The Balaban J connectivity index is 2.60. The van der Waals surface area contributed by atoms with E-state index in [0.717, 1.165) is 13.0 Å². The number of nitro benzene ring substituents is 1. The second-order valence-corrected chi connectivity index (χ2v) is 4.99. The van der Waals surface area contributed by atoms with Gasteiger partial charge in [0.2, 0.25) is 0 Å². The van der Waals surface area contributed by atoms with Crippen molar-refractivity contribution in [1.29, 1.82) is 0 Å². The van der Waals surface area contributed by atoms with Crippen molar-refractivity contribution in [3.63, 3.8) is 0 Å². The number of nitrogens with one attached hydrogen (secondary N) is 1. The molecular formula is C14H23N3O3. The minimum atomic E-state index is -0.387. The predicted molar refractivity (Wildman–Crippen MR) is 80.5 cm³/mol. The van der Waals surface area contributed by atoms with Gasteiger partial charge in [0.1, 0.15) is 11.4 Å². The van der Waals surface area contributed by atoms with Crippen LogP contribution in [0.2, 0.25) is 0 Å². The van der Waals surface area contributed by atoms with Crippen LogP contribution in [0.3, 0.4) is 0 Å². The average Bonchev–Trinajstić information content (AvgIpc) is 2.42. The van der Waals surface area contributed by atoms with Crippen molar-refractivity contribution in [1.82, 2.24) is 4.90 Å². The highest BCUT2D eigenvalue weighted by atomic mass is 16.6. The van der Waals surface area contributed by atoms with Crippen molar-refractivity contribution < 1.29 is 9.66 Å². The van der Waals surface area contributed by atoms with Crippen LogP contribution < -0.4 is 10.1 Å². The molecule has 0 aliphatic heterocycles. The van der Waals surface area contributed by atoms with E-state index < -0.39 is 0 Å². The first-order valence-electron chi connectivity index (χ1n) is 6.72. The molecule has 0 unspecified atom stereocenters. The van der Waals surface area contributed by atoms with Crippen LogP contribution >= 0.6 is 0 Å². The Bertz CT molecular complexity index is 449. The lowest BCUT2D eigenvalue weighted by Gasteiger charge is -2.20. The lowest BCUT2D eigenvalue weighted by atomic mass is 10.2. The number of methoxy groups -OCH3 is 1. The molecule has 6 nitrogen and oxygen atoms in total. The monoisotopic (exact) mass is 281 g/mol. The quantitative estimate of drug-likeness (QED) is 0.451. The van der Waals surface area contributed by atoms with E-state index in [2.05, 4.69) is 31.1 Å². The van der Waals surface area contributed by atoms with E-state index in [9.17, 15) is 10.1 Å². The fraction of sp³-hybridized carbons (Fsp3) is 0.571. The van der Waals surface area contributed by atoms with Crippen molar-refractivity contribution >= 4 is 11.4 Å². The van der Waals surface area contributed by atoms with Crippen molar-refractivity contribution in [3.05, 3.63) is 28.3 Å². The summed E-state index contributed by atoms with van der Waals surface area (Å²) in [5, 5.41) is 14.1. The van der Waals surface area contributed by atoms with Gasteiger partial charge >= 0.3 is 0 Å². The van der Waals surface area contributed by atoms with Crippen LogP contribution in [0.5, 0.6) is 5.75 Å². The largest absolute Gasteiger partial charge is 0.497 e. The van der Waals surface area contributed by atoms with Gasteiger partial charge in [-0.1, -0.05) is 0 Å². The van der Waals surface area contributed by atoms with Crippen molar-refractivity contribution in [2.24, 2.45) is 0 Å². The normalized spacial score (nSPS) is 10.9. The van der Waals surface area contributed by atoms with E-state index in [1.54, 1.807) is 19.2 Å². The lowest BCUT2D eigenvalue weighted by molar-refractivity contribution is -0.384. The number of nitrogens with zero attached hydrogens (tertiary/aromatic N) is 2. The topological polar surface area (TPSA) is 67.6 Å². The molecule has 0 aromatic heterocycles. The summed E-state index contributed by atoms with van der Waals surface area (Å²) >= 11 is 0. The molecule has 0 aliphatic rings. The van der Waals surface area contributed by atoms with Crippen LogP contribution in [0, 0.1) is 10.1 Å². The van der Waals surface area contributed by atoms with Gasteiger partial charge in [0.05, 0.1) is 12.0 Å². The molecule has 0 radical (unpaired) electrons. The zero-order valence-electron chi connectivity index (χ0n) is 12.5. The summed E-state index contributed by atoms with van der Waals surface area (Å²) in [6.07, 6.45) is 0.920. The van der Waals surface area contributed by atoms with Crippen molar-refractivity contribution in [2.75, 3.05) is 32.6 Å². The van der Waals surface area contributed by atoms with Gasteiger partial charge in [-0.2, -0.15) is 0 Å². The zero-order chi connectivity index (χ0) is 15.1. The van der Waals surface area contributed by atoms with Crippen molar-refractivity contribution in [2.45, 2.75) is 26.3 Å². The number of rotatable bonds is 8. The van der Waals surface area contributed by atoms with Crippen LogP contribution in [0.15, 0.2) is 18.2 Å². The molecule has 1 rings (SSSR count). The highest BCUT2D eigenvalue weighted by Crippen LogP contribution is 2.28. The molecule has 0 bridgehead atoms. The summed E-state index contributed by atoms with van der Waals surface area (Å²) in [6.45, 7) is 5.91. The first-order valence-corrected chi connectivity index (χ1v) is 6.72. The zero-order valence-corrected chi connectivity index (χ0v) is 12.5. The Hall–Kier alpha value is -1.82. The van der Waals surface area contributed by atoms with Crippen LogP contribution in [0.1, 0.15) is 20.3 Å². The molecular weight excluding hydrogens is 258 g/mol. The SMILES string of the molecule is COc1ccc([N+](=O)[O-])c(NCCCN(C)C(C)C)c1. The van der Waals surface area contributed by atoms with Gasteiger partial charge in [0.15, 0.2) is 0 Å². The van der Waals surface area contributed by atoms with E-state index in [1.807, 2.05) is 0 Å². The maximum atomic E-state index is 11.0. The first-order chi connectivity index (χ1) is 9.45. The highest BCUT2D eigenvalue weighted by molar-refractivity contribution is 5.64. The van der Waals surface area contributed by atoms with E-state index in [1.165, 1.54) is 6.07 Å². The number of nitro groups is 1.